The van der Waals surface area contributed by atoms with Crippen LogP contribution in [-0.2, 0) is 4.74 Å². The first-order valence-electron chi connectivity index (χ1n) is 8.10. The Morgan fingerprint density at radius 1 is 1.05 bits per heavy atom. The minimum absolute atomic E-state index is 0.00187. The molecule has 1 aliphatic carbocycles. The summed E-state index contributed by atoms with van der Waals surface area (Å²) in [5.74, 6) is 0.778. The van der Waals surface area contributed by atoms with Gasteiger partial charge < -0.3 is 10.1 Å². The highest BCUT2D eigenvalue weighted by atomic mass is 16.5. The largest absolute Gasteiger partial charge is 0.371 e. The Labute approximate surface area is 120 Å². The third-order valence-electron chi connectivity index (χ3n) is 4.80. The molecule has 1 N–H and O–H groups in total. The highest BCUT2D eigenvalue weighted by Crippen LogP contribution is 2.40. The van der Waals surface area contributed by atoms with Gasteiger partial charge in [-0.15, -0.1) is 0 Å². The molecule has 0 aliphatic heterocycles. The van der Waals surface area contributed by atoms with E-state index in [1.54, 1.807) is 0 Å². The van der Waals surface area contributed by atoms with E-state index in [2.05, 4.69) is 53.8 Å². The van der Waals surface area contributed by atoms with E-state index >= 15 is 0 Å². The van der Waals surface area contributed by atoms with Crippen molar-refractivity contribution in [2.24, 2.45) is 11.3 Å². The molecule has 3 atom stereocenters. The Kier molecular flexibility index (Phi) is 5.88. The van der Waals surface area contributed by atoms with E-state index in [1.165, 1.54) is 19.3 Å². The molecule has 2 heteroatoms. The average Bonchev–Trinajstić information content (AvgIpc) is 2.30. The van der Waals surface area contributed by atoms with Crippen LogP contribution in [0.1, 0.15) is 74.1 Å². The van der Waals surface area contributed by atoms with Gasteiger partial charge in [0.1, 0.15) is 0 Å². The molecule has 0 saturated heterocycles. The lowest BCUT2D eigenvalue weighted by Gasteiger charge is -2.44. The summed E-state index contributed by atoms with van der Waals surface area (Å²) in [5.41, 5.74) is 0.396. The predicted molar refractivity (Wildman–Crippen MR) is 83.5 cm³/mol. The number of nitrogens with one attached hydrogen (secondary N) is 1. The molecule has 0 radical (unpaired) electrons. The van der Waals surface area contributed by atoms with Crippen molar-refractivity contribution in [1.82, 2.24) is 5.32 Å². The Morgan fingerprint density at radius 3 is 2.16 bits per heavy atom. The summed E-state index contributed by atoms with van der Waals surface area (Å²) >= 11 is 0. The fourth-order valence-electron chi connectivity index (χ4n) is 3.03. The van der Waals surface area contributed by atoms with E-state index in [9.17, 15) is 0 Å². The molecule has 0 amide bonds. The second-order valence-electron chi connectivity index (χ2n) is 7.81. The highest BCUT2D eigenvalue weighted by Gasteiger charge is 2.38. The molecule has 0 bridgehead atoms. The first kappa shape index (κ1) is 17.0. The van der Waals surface area contributed by atoms with E-state index in [4.69, 9.17) is 4.74 Å². The summed E-state index contributed by atoms with van der Waals surface area (Å²) in [5, 5.41) is 3.63. The molecular formula is C17H35NO. The summed E-state index contributed by atoms with van der Waals surface area (Å²) in [6.45, 7) is 17.0. The SMILES string of the molecule is CCNC1CCC(C(C)(C)C)CC1OC(C)(C)CC. The van der Waals surface area contributed by atoms with Crippen LogP contribution in [-0.4, -0.2) is 24.3 Å². The van der Waals surface area contributed by atoms with Crippen molar-refractivity contribution in [3.8, 4) is 0 Å². The van der Waals surface area contributed by atoms with Crippen LogP contribution in [0.15, 0.2) is 0 Å². The second kappa shape index (κ2) is 6.58. The van der Waals surface area contributed by atoms with Gasteiger partial charge in [0.05, 0.1) is 11.7 Å². The van der Waals surface area contributed by atoms with Crippen molar-refractivity contribution in [3.05, 3.63) is 0 Å². The zero-order valence-corrected chi connectivity index (χ0v) is 14.2. The van der Waals surface area contributed by atoms with E-state index in [0.717, 1.165) is 18.9 Å². The Morgan fingerprint density at radius 2 is 1.68 bits per heavy atom. The van der Waals surface area contributed by atoms with Crippen LogP contribution in [0.3, 0.4) is 0 Å². The lowest BCUT2D eigenvalue weighted by atomic mass is 9.70. The van der Waals surface area contributed by atoms with Crippen LogP contribution in [0.4, 0.5) is 0 Å². The molecule has 1 aliphatic rings. The monoisotopic (exact) mass is 269 g/mol. The van der Waals surface area contributed by atoms with E-state index in [0.29, 0.717) is 17.6 Å². The van der Waals surface area contributed by atoms with Gasteiger partial charge in [-0.1, -0.05) is 34.6 Å². The van der Waals surface area contributed by atoms with Gasteiger partial charge in [-0.25, -0.2) is 0 Å². The molecule has 19 heavy (non-hydrogen) atoms. The molecular weight excluding hydrogens is 234 g/mol. The predicted octanol–water partition coefficient (Wildman–Crippen LogP) is 4.38. The molecule has 1 saturated carbocycles. The van der Waals surface area contributed by atoms with Gasteiger partial charge in [-0.3, -0.25) is 0 Å². The highest BCUT2D eigenvalue weighted by molar-refractivity contribution is 4.91. The summed E-state index contributed by atoms with van der Waals surface area (Å²) in [6, 6.07) is 0.537. The van der Waals surface area contributed by atoms with E-state index in [1.807, 2.05) is 0 Å². The second-order valence-corrected chi connectivity index (χ2v) is 7.81. The molecule has 0 aromatic heterocycles. The number of ether oxygens (including phenoxy) is 1. The first-order chi connectivity index (χ1) is 8.69. The van der Waals surface area contributed by atoms with Crippen molar-refractivity contribution >= 4 is 0 Å². The van der Waals surface area contributed by atoms with Crippen molar-refractivity contribution in [2.75, 3.05) is 6.54 Å². The molecule has 2 nitrogen and oxygen atoms in total. The third-order valence-corrected chi connectivity index (χ3v) is 4.80. The molecule has 3 unspecified atom stereocenters. The molecule has 114 valence electrons. The number of likely N-dealkylation sites (N-methyl/N-ethyl adjacent to an activating group) is 1. The standard InChI is InChI=1S/C17H35NO/c1-8-17(6,7)19-15-12-13(16(3,4)5)10-11-14(15)18-9-2/h13-15,18H,8-12H2,1-7H3. The first-order valence-corrected chi connectivity index (χ1v) is 8.10. The summed E-state index contributed by atoms with van der Waals surface area (Å²) < 4.78 is 6.46. The zero-order chi connectivity index (χ0) is 14.7. The normalized spacial score (nSPS) is 29.5. The fourth-order valence-corrected chi connectivity index (χ4v) is 3.03. The number of hydrogen-bond donors (Lipinski definition) is 1. The molecule has 0 aromatic carbocycles. The quantitative estimate of drug-likeness (QED) is 0.799. The molecule has 0 spiro atoms. The van der Waals surface area contributed by atoms with E-state index < -0.39 is 0 Å². The molecule has 1 fully saturated rings. The van der Waals surface area contributed by atoms with Crippen molar-refractivity contribution < 1.29 is 4.74 Å². The Bertz CT molecular complexity index is 267. The van der Waals surface area contributed by atoms with E-state index in [-0.39, 0.29) is 5.60 Å². The van der Waals surface area contributed by atoms with Crippen molar-refractivity contribution in [1.29, 1.82) is 0 Å². The van der Waals surface area contributed by atoms with Crippen LogP contribution in [0, 0.1) is 11.3 Å². The van der Waals surface area contributed by atoms with Crippen LogP contribution < -0.4 is 5.32 Å². The third kappa shape index (κ3) is 5.07. The molecule has 0 heterocycles. The molecule has 1 rings (SSSR count). The van der Waals surface area contributed by atoms with Gasteiger partial charge in [0.2, 0.25) is 0 Å². The average molecular weight is 269 g/mol. The summed E-state index contributed by atoms with van der Waals surface area (Å²) in [7, 11) is 0. The lowest BCUT2D eigenvalue weighted by molar-refractivity contribution is -0.113. The topological polar surface area (TPSA) is 21.3 Å². The van der Waals surface area contributed by atoms with Crippen LogP contribution in [0.2, 0.25) is 0 Å². The van der Waals surface area contributed by atoms with Crippen LogP contribution in [0.25, 0.3) is 0 Å². The van der Waals surface area contributed by atoms with Gasteiger partial charge in [-0.05, 0) is 57.4 Å². The summed E-state index contributed by atoms with van der Waals surface area (Å²) in [6.07, 6.45) is 5.22. The number of hydrogen-bond acceptors (Lipinski definition) is 2. The molecule has 0 aromatic rings. The minimum atomic E-state index is -0.00187. The zero-order valence-electron chi connectivity index (χ0n) is 14.2. The van der Waals surface area contributed by atoms with Gasteiger partial charge in [-0.2, -0.15) is 0 Å². The Balaban J connectivity index is 2.73. The van der Waals surface area contributed by atoms with Crippen molar-refractivity contribution in [3.63, 3.8) is 0 Å². The van der Waals surface area contributed by atoms with Gasteiger partial charge in [0.25, 0.3) is 0 Å². The fraction of sp³-hybridized carbons (Fsp3) is 1.00. The maximum atomic E-state index is 6.46. The minimum Gasteiger partial charge on any atom is -0.371 e. The smallest absolute Gasteiger partial charge is 0.0738 e. The van der Waals surface area contributed by atoms with Crippen LogP contribution in [0.5, 0.6) is 0 Å². The maximum Gasteiger partial charge on any atom is 0.0738 e. The van der Waals surface area contributed by atoms with Gasteiger partial charge in [0.15, 0.2) is 0 Å². The maximum absolute atomic E-state index is 6.46. The summed E-state index contributed by atoms with van der Waals surface area (Å²) in [4.78, 5) is 0. The van der Waals surface area contributed by atoms with Gasteiger partial charge >= 0.3 is 0 Å². The van der Waals surface area contributed by atoms with Crippen molar-refractivity contribution in [2.45, 2.75) is 91.9 Å². The van der Waals surface area contributed by atoms with Gasteiger partial charge in [0, 0.05) is 6.04 Å². The lowest BCUT2D eigenvalue weighted by Crippen LogP contribution is -2.50. The Hall–Kier alpha value is -0.0800. The van der Waals surface area contributed by atoms with Crippen LogP contribution >= 0.6 is 0 Å². The number of rotatable bonds is 5.